The largest absolute Gasteiger partial charge is 0.375 e. The Bertz CT molecular complexity index is 1020. The Morgan fingerprint density at radius 3 is 2.86 bits per heavy atom. The summed E-state index contributed by atoms with van der Waals surface area (Å²) in [4.78, 5) is 22.6. The Morgan fingerprint density at radius 2 is 2.07 bits per heavy atom. The lowest BCUT2D eigenvalue weighted by atomic mass is 9.91. The number of aromatic nitrogens is 4. The summed E-state index contributed by atoms with van der Waals surface area (Å²) in [6.45, 7) is 1.45. The molecule has 2 aliphatic rings. The van der Waals surface area contributed by atoms with Gasteiger partial charge in [-0.1, -0.05) is 11.3 Å². The molecule has 1 fully saturated rings. The molecular weight excluding hydrogens is 386 g/mol. The van der Waals surface area contributed by atoms with Gasteiger partial charge in [-0.3, -0.25) is 9.78 Å². The van der Waals surface area contributed by atoms with Crippen molar-refractivity contribution in [1.29, 1.82) is 0 Å². The predicted octanol–water partition coefficient (Wildman–Crippen LogP) is 3.43. The van der Waals surface area contributed by atoms with Gasteiger partial charge in [-0.25, -0.2) is 9.67 Å². The minimum atomic E-state index is -0.0401. The van der Waals surface area contributed by atoms with E-state index in [1.807, 2.05) is 12.1 Å². The number of pyridine rings is 1. The summed E-state index contributed by atoms with van der Waals surface area (Å²) in [6.07, 6.45) is 8.26. The molecule has 0 amide bonds. The van der Waals surface area contributed by atoms with Crippen LogP contribution in [0.1, 0.15) is 42.3 Å². The third-order valence-corrected chi connectivity index (χ3v) is 6.65. The van der Waals surface area contributed by atoms with Gasteiger partial charge in [-0.2, -0.15) is 5.10 Å². The summed E-state index contributed by atoms with van der Waals surface area (Å²) < 4.78 is 7.18. The van der Waals surface area contributed by atoms with E-state index in [2.05, 4.69) is 15.4 Å². The van der Waals surface area contributed by atoms with Crippen molar-refractivity contribution in [2.45, 2.75) is 50.8 Å². The Morgan fingerprint density at radius 1 is 1.17 bits per heavy atom. The van der Waals surface area contributed by atoms with Crippen LogP contribution in [0.25, 0.3) is 11.3 Å². The van der Waals surface area contributed by atoms with Crippen molar-refractivity contribution in [2.75, 3.05) is 11.9 Å². The molecule has 8 heteroatoms. The minimum absolute atomic E-state index is 0.0401. The zero-order valence-corrected chi connectivity index (χ0v) is 16.9. The molecule has 1 aliphatic carbocycles. The number of anilines is 1. The number of hydrogen-bond donors (Lipinski definition) is 1. The molecule has 29 heavy (non-hydrogen) atoms. The van der Waals surface area contributed by atoms with E-state index in [0.717, 1.165) is 55.1 Å². The van der Waals surface area contributed by atoms with Gasteiger partial charge in [-0.15, -0.1) is 0 Å². The average molecular weight is 410 g/mol. The van der Waals surface area contributed by atoms with E-state index < -0.39 is 0 Å². The van der Waals surface area contributed by atoms with E-state index in [0.29, 0.717) is 12.6 Å². The fraction of sp³-hybridized carbons (Fsp3) is 0.429. The average Bonchev–Trinajstić information content (AvgIpc) is 3.18. The molecule has 0 aromatic carbocycles. The molecule has 7 nitrogen and oxygen atoms in total. The number of hydrogen-bond acceptors (Lipinski definition) is 7. The van der Waals surface area contributed by atoms with Crippen LogP contribution < -0.4 is 10.9 Å². The van der Waals surface area contributed by atoms with Gasteiger partial charge in [0.15, 0.2) is 5.13 Å². The molecule has 150 valence electrons. The zero-order chi connectivity index (χ0) is 19.6. The van der Waals surface area contributed by atoms with Crippen LogP contribution in [0.5, 0.6) is 0 Å². The zero-order valence-electron chi connectivity index (χ0n) is 16.1. The molecule has 1 saturated carbocycles. The number of fused-ring (bicyclic) bond motifs is 1. The van der Waals surface area contributed by atoms with Crippen LogP contribution in [-0.4, -0.2) is 32.4 Å². The quantitative estimate of drug-likeness (QED) is 0.711. The van der Waals surface area contributed by atoms with Crippen molar-refractivity contribution in [2.24, 2.45) is 0 Å². The number of ether oxygens (including phenoxy) is 1. The van der Waals surface area contributed by atoms with Crippen molar-refractivity contribution >= 4 is 16.5 Å². The van der Waals surface area contributed by atoms with E-state index in [1.54, 1.807) is 40.5 Å². The number of nitrogens with one attached hydrogen (secondary N) is 1. The number of nitrogens with zero attached hydrogens (tertiary/aromatic N) is 4. The molecule has 0 radical (unpaired) electrons. The highest BCUT2D eigenvalue weighted by atomic mass is 32.1. The van der Waals surface area contributed by atoms with Crippen LogP contribution >= 0.6 is 11.3 Å². The molecule has 1 N–H and O–H groups in total. The second-order valence-electron chi connectivity index (χ2n) is 7.58. The monoisotopic (exact) mass is 409 g/mol. The van der Waals surface area contributed by atoms with Crippen LogP contribution in [0, 0.1) is 0 Å². The van der Waals surface area contributed by atoms with Gasteiger partial charge in [0, 0.05) is 36.5 Å². The molecule has 0 saturated heterocycles. The highest BCUT2D eigenvalue weighted by molar-refractivity contribution is 7.15. The van der Waals surface area contributed by atoms with E-state index in [1.165, 1.54) is 10.6 Å². The first-order valence-electron chi connectivity index (χ1n) is 10.1. The normalized spacial score (nSPS) is 21.5. The highest BCUT2D eigenvalue weighted by Crippen LogP contribution is 2.32. The molecular formula is C21H23N5O2S. The standard InChI is InChI=1S/C21H23N5O2S/c27-20-8-7-17(14-2-1-10-22-12-14)25-26(20)16-5-3-15(4-6-16)23-21-24-18-9-11-28-13-19(18)29-21/h1-2,7-8,10,12,15-16H,3-6,9,11,13H2,(H,23,24). The lowest BCUT2D eigenvalue weighted by Gasteiger charge is -2.29. The van der Waals surface area contributed by atoms with Crippen LogP contribution in [0.3, 0.4) is 0 Å². The summed E-state index contributed by atoms with van der Waals surface area (Å²) in [5.41, 5.74) is 2.85. The second-order valence-corrected chi connectivity index (χ2v) is 8.67. The molecule has 5 rings (SSSR count). The van der Waals surface area contributed by atoms with Gasteiger partial charge in [0.25, 0.3) is 5.56 Å². The fourth-order valence-corrected chi connectivity index (χ4v) is 5.10. The number of rotatable bonds is 4. The summed E-state index contributed by atoms with van der Waals surface area (Å²) >= 11 is 1.71. The van der Waals surface area contributed by atoms with Gasteiger partial charge >= 0.3 is 0 Å². The van der Waals surface area contributed by atoms with Crippen LogP contribution in [0.4, 0.5) is 5.13 Å². The molecule has 0 atom stereocenters. The van der Waals surface area contributed by atoms with Gasteiger partial charge < -0.3 is 10.1 Å². The van der Waals surface area contributed by atoms with Crippen molar-refractivity contribution in [3.8, 4) is 11.3 Å². The van der Waals surface area contributed by atoms with Gasteiger partial charge in [0.1, 0.15) is 0 Å². The summed E-state index contributed by atoms with van der Waals surface area (Å²) in [5.74, 6) is 0. The highest BCUT2D eigenvalue weighted by Gasteiger charge is 2.25. The second kappa shape index (κ2) is 8.04. The van der Waals surface area contributed by atoms with Gasteiger partial charge in [0.2, 0.25) is 0 Å². The lowest BCUT2D eigenvalue weighted by Crippen LogP contribution is -2.33. The smallest absolute Gasteiger partial charge is 0.267 e. The molecule has 3 aromatic rings. The molecule has 0 unspecified atom stereocenters. The van der Waals surface area contributed by atoms with Crippen molar-refractivity contribution in [3.63, 3.8) is 0 Å². The van der Waals surface area contributed by atoms with E-state index >= 15 is 0 Å². The lowest BCUT2D eigenvalue weighted by molar-refractivity contribution is 0.112. The fourth-order valence-electron chi connectivity index (χ4n) is 4.08. The third-order valence-electron chi connectivity index (χ3n) is 5.65. The predicted molar refractivity (Wildman–Crippen MR) is 112 cm³/mol. The van der Waals surface area contributed by atoms with E-state index in [-0.39, 0.29) is 11.6 Å². The Balaban J connectivity index is 1.26. The first-order valence-corrected chi connectivity index (χ1v) is 10.9. The Hall–Kier alpha value is -2.58. The van der Waals surface area contributed by atoms with Crippen molar-refractivity contribution in [1.82, 2.24) is 19.7 Å². The first-order chi connectivity index (χ1) is 14.3. The summed E-state index contributed by atoms with van der Waals surface area (Å²) in [5, 5.41) is 9.23. The van der Waals surface area contributed by atoms with Crippen LogP contribution in [-0.2, 0) is 17.8 Å². The minimum Gasteiger partial charge on any atom is -0.375 e. The van der Waals surface area contributed by atoms with Crippen molar-refractivity contribution in [3.05, 3.63) is 57.6 Å². The van der Waals surface area contributed by atoms with Gasteiger partial charge in [-0.05, 0) is 43.9 Å². The summed E-state index contributed by atoms with van der Waals surface area (Å²) in [6, 6.07) is 7.75. The Kier molecular flexibility index (Phi) is 5.12. The molecule has 0 bridgehead atoms. The van der Waals surface area contributed by atoms with Gasteiger partial charge in [0.05, 0.1) is 35.5 Å². The maximum Gasteiger partial charge on any atom is 0.267 e. The topological polar surface area (TPSA) is 81.9 Å². The summed E-state index contributed by atoms with van der Waals surface area (Å²) in [7, 11) is 0. The number of thiazole rings is 1. The SMILES string of the molecule is O=c1ccc(-c2cccnc2)nn1C1CCC(Nc2nc3c(s2)COCC3)CC1. The van der Waals surface area contributed by atoms with E-state index in [4.69, 9.17) is 9.72 Å². The van der Waals surface area contributed by atoms with Crippen LogP contribution in [0.15, 0.2) is 41.5 Å². The van der Waals surface area contributed by atoms with Crippen molar-refractivity contribution < 1.29 is 4.74 Å². The molecule has 4 heterocycles. The Labute approximate surface area is 172 Å². The molecule has 0 spiro atoms. The van der Waals surface area contributed by atoms with Crippen LogP contribution in [0.2, 0.25) is 0 Å². The first kappa shape index (κ1) is 18.4. The third kappa shape index (κ3) is 3.95. The molecule has 3 aromatic heterocycles. The molecule has 1 aliphatic heterocycles. The van der Waals surface area contributed by atoms with E-state index in [9.17, 15) is 4.79 Å². The maximum absolute atomic E-state index is 12.4. The maximum atomic E-state index is 12.4.